The largest absolute Gasteiger partial charge is 0.489 e. The summed E-state index contributed by atoms with van der Waals surface area (Å²) in [7, 11) is 0. The number of hydrogen-bond acceptors (Lipinski definition) is 7. The Bertz CT molecular complexity index is 1150. The van der Waals surface area contributed by atoms with Crippen LogP contribution in [0.3, 0.4) is 0 Å². The van der Waals surface area contributed by atoms with Crippen molar-refractivity contribution in [2.24, 2.45) is 11.3 Å². The van der Waals surface area contributed by atoms with Crippen LogP contribution in [0.5, 0.6) is 5.75 Å². The lowest BCUT2D eigenvalue weighted by Crippen LogP contribution is -2.30. The average Bonchev–Trinajstić information content (AvgIpc) is 3.10. The molecule has 0 amide bonds. The van der Waals surface area contributed by atoms with Gasteiger partial charge in [-0.05, 0) is 38.3 Å². The molecule has 4 heterocycles. The van der Waals surface area contributed by atoms with Gasteiger partial charge in [0.15, 0.2) is 11.4 Å². The zero-order chi connectivity index (χ0) is 23.2. The molecule has 1 N–H and O–H groups in total. The first-order chi connectivity index (χ1) is 15.8. The second kappa shape index (κ2) is 7.96. The van der Waals surface area contributed by atoms with Crippen molar-refractivity contribution in [2.45, 2.75) is 38.4 Å². The molecule has 1 saturated heterocycles. The van der Waals surface area contributed by atoms with Crippen LogP contribution in [0.4, 0.5) is 25.0 Å². The monoisotopic (exact) mass is 462 g/mol. The Hall–Kier alpha value is -3.24. The Morgan fingerprint density at radius 3 is 2.91 bits per heavy atom. The number of aromatic nitrogens is 4. The van der Waals surface area contributed by atoms with Crippen LogP contribution in [0.15, 0.2) is 41.6 Å². The second-order valence-electron chi connectivity index (χ2n) is 8.85. The van der Waals surface area contributed by atoms with E-state index >= 15 is 0 Å². The number of halogens is 3. The van der Waals surface area contributed by atoms with Gasteiger partial charge in [-0.25, -0.2) is 4.52 Å². The lowest BCUT2D eigenvalue weighted by atomic mass is 9.99. The molecule has 1 aliphatic heterocycles. The summed E-state index contributed by atoms with van der Waals surface area (Å²) in [5.74, 6) is 1.63. The molecule has 2 atom stereocenters. The molecule has 0 radical (unpaired) electrons. The first kappa shape index (κ1) is 21.6. The van der Waals surface area contributed by atoms with Crippen molar-refractivity contribution in [3.05, 3.63) is 42.7 Å². The number of pyridine rings is 1. The fourth-order valence-corrected chi connectivity index (χ4v) is 4.23. The highest BCUT2D eigenvalue weighted by Crippen LogP contribution is 2.57. The van der Waals surface area contributed by atoms with E-state index in [0.29, 0.717) is 11.6 Å². The van der Waals surface area contributed by atoms with Crippen molar-refractivity contribution in [3.8, 4) is 5.75 Å². The summed E-state index contributed by atoms with van der Waals surface area (Å²) < 4.78 is 52.2. The van der Waals surface area contributed by atoms with Crippen LogP contribution in [0.2, 0.25) is 0 Å². The lowest BCUT2D eigenvalue weighted by molar-refractivity contribution is -0.194. The average molecular weight is 462 g/mol. The van der Waals surface area contributed by atoms with Crippen LogP contribution in [-0.4, -0.2) is 51.7 Å². The van der Waals surface area contributed by atoms with E-state index < -0.39 is 18.2 Å². The van der Waals surface area contributed by atoms with Crippen molar-refractivity contribution in [1.82, 2.24) is 19.8 Å². The number of nitrogens with one attached hydrogen (secondary N) is 1. The van der Waals surface area contributed by atoms with Crippen molar-refractivity contribution >= 4 is 17.5 Å². The Morgan fingerprint density at radius 2 is 2.24 bits per heavy atom. The van der Waals surface area contributed by atoms with Crippen molar-refractivity contribution < 1.29 is 22.4 Å². The van der Waals surface area contributed by atoms with E-state index in [-0.39, 0.29) is 30.6 Å². The van der Waals surface area contributed by atoms with E-state index in [1.807, 2.05) is 19.1 Å². The van der Waals surface area contributed by atoms with Gasteiger partial charge in [-0.15, -0.1) is 11.7 Å². The fourth-order valence-electron chi connectivity index (χ4n) is 4.23. The van der Waals surface area contributed by atoms with Gasteiger partial charge >= 0.3 is 6.18 Å². The molecule has 1 aliphatic carbocycles. The van der Waals surface area contributed by atoms with E-state index in [4.69, 9.17) is 9.26 Å². The maximum Gasteiger partial charge on any atom is 0.397 e. The molecule has 0 aromatic carbocycles. The molecule has 0 spiro atoms. The molecule has 33 heavy (non-hydrogen) atoms. The Morgan fingerprint density at radius 1 is 1.42 bits per heavy atom. The van der Waals surface area contributed by atoms with Gasteiger partial charge in [0.2, 0.25) is 11.8 Å². The zero-order valence-electron chi connectivity index (χ0n) is 18.2. The number of hydrogen-bond donors (Lipinski definition) is 1. The summed E-state index contributed by atoms with van der Waals surface area (Å²) in [6.07, 6.45) is 0.338. The smallest absolute Gasteiger partial charge is 0.397 e. The molecule has 3 aromatic rings. The highest BCUT2D eigenvalue weighted by Gasteiger charge is 2.64. The van der Waals surface area contributed by atoms with E-state index in [0.717, 1.165) is 31.1 Å². The molecule has 0 bridgehead atoms. The van der Waals surface area contributed by atoms with E-state index in [1.165, 1.54) is 4.52 Å². The molecular formula is C22H25F3N6O2. The molecule has 2 fully saturated rings. The van der Waals surface area contributed by atoms with E-state index in [2.05, 4.69) is 32.0 Å². The van der Waals surface area contributed by atoms with Gasteiger partial charge in [0, 0.05) is 31.3 Å². The Kier molecular flexibility index (Phi) is 5.21. The van der Waals surface area contributed by atoms with Gasteiger partial charge in [-0.1, -0.05) is 11.2 Å². The zero-order valence-corrected chi connectivity index (χ0v) is 18.2. The minimum absolute atomic E-state index is 0.0895. The number of fused-ring (bicyclic) bond motifs is 1. The van der Waals surface area contributed by atoms with Crippen LogP contribution in [-0.2, 0) is 0 Å². The van der Waals surface area contributed by atoms with Gasteiger partial charge in [0.1, 0.15) is 12.0 Å². The fraction of sp³-hybridized carbons (Fsp3) is 0.500. The van der Waals surface area contributed by atoms with Crippen LogP contribution < -0.4 is 15.0 Å². The number of anilines is 2. The number of aryl methyl sites for hydroxylation is 1. The Labute approximate surface area is 188 Å². The highest BCUT2D eigenvalue weighted by atomic mass is 19.4. The SMILES string of the molecule is C=CC(Nc1nc2c(OCC3(C(F)(F)F)CC3)cccn2n1)C1CCN(c2cc(C)no2)C1. The maximum absolute atomic E-state index is 13.2. The highest BCUT2D eigenvalue weighted by molar-refractivity contribution is 5.56. The van der Waals surface area contributed by atoms with Gasteiger partial charge in [0.25, 0.3) is 0 Å². The van der Waals surface area contributed by atoms with Crippen LogP contribution in [0.25, 0.3) is 5.65 Å². The third-order valence-corrected chi connectivity index (χ3v) is 6.49. The predicted molar refractivity (Wildman–Crippen MR) is 115 cm³/mol. The van der Waals surface area contributed by atoms with E-state index in [9.17, 15) is 13.2 Å². The number of ether oxygens (including phenoxy) is 1. The number of nitrogens with zero attached hydrogens (tertiary/aromatic N) is 5. The number of rotatable bonds is 8. The first-order valence-electron chi connectivity index (χ1n) is 10.9. The summed E-state index contributed by atoms with van der Waals surface area (Å²) in [5, 5.41) is 11.7. The summed E-state index contributed by atoms with van der Waals surface area (Å²) in [6, 6.07) is 5.10. The van der Waals surface area contributed by atoms with Crippen molar-refractivity contribution in [2.75, 3.05) is 29.9 Å². The maximum atomic E-state index is 13.2. The molecule has 5 rings (SSSR count). The minimum atomic E-state index is -4.27. The van der Waals surface area contributed by atoms with Gasteiger partial charge in [0.05, 0.1) is 11.7 Å². The third-order valence-electron chi connectivity index (χ3n) is 6.49. The molecular weight excluding hydrogens is 437 g/mol. The van der Waals surface area contributed by atoms with Crippen molar-refractivity contribution in [3.63, 3.8) is 0 Å². The Balaban J connectivity index is 1.28. The van der Waals surface area contributed by atoms with Gasteiger partial charge < -0.3 is 19.5 Å². The summed E-state index contributed by atoms with van der Waals surface area (Å²) in [6.45, 7) is 7.02. The number of alkyl halides is 3. The molecule has 1 saturated carbocycles. The van der Waals surface area contributed by atoms with Gasteiger partial charge in [-0.3, -0.25) is 0 Å². The molecule has 176 valence electrons. The molecule has 2 unspecified atom stereocenters. The minimum Gasteiger partial charge on any atom is -0.489 e. The molecule has 8 nitrogen and oxygen atoms in total. The second-order valence-corrected chi connectivity index (χ2v) is 8.85. The lowest BCUT2D eigenvalue weighted by Gasteiger charge is -2.21. The first-order valence-corrected chi connectivity index (χ1v) is 10.9. The summed E-state index contributed by atoms with van der Waals surface area (Å²) >= 11 is 0. The summed E-state index contributed by atoms with van der Waals surface area (Å²) in [4.78, 5) is 6.62. The van der Waals surface area contributed by atoms with Gasteiger partial charge in [-0.2, -0.15) is 18.2 Å². The van der Waals surface area contributed by atoms with Crippen molar-refractivity contribution in [1.29, 1.82) is 0 Å². The van der Waals surface area contributed by atoms with Crippen LogP contribution in [0.1, 0.15) is 25.0 Å². The van der Waals surface area contributed by atoms with Crippen LogP contribution >= 0.6 is 0 Å². The van der Waals surface area contributed by atoms with E-state index in [1.54, 1.807) is 18.3 Å². The van der Waals surface area contributed by atoms with Crippen LogP contribution in [0, 0.1) is 18.3 Å². The normalized spacial score (nSPS) is 20.7. The third kappa shape index (κ3) is 4.11. The topological polar surface area (TPSA) is 80.7 Å². The predicted octanol–water partition coefficient (Wildman–Crippen LogP) is 4.24. The molecule has 3 aromatic heterocycles. The standard InChI is InChI=1S/C22H25F3N6O2/c1-3-16(15-6-10-30(12-15)18-11-14(2)29-33-18)26-20-27-19-17(5-4-9-31(19)28-20)32-13-21(7-8-21)22(23,24)25/h3-5,9,11,15-16H,1,6-8,10,12-13H2,2H3,(H,26,28). The molecule has 11 heteroatoms. The quantitative estimate of drug-likeness (QED) is 0.502. The molecule has 2 aliphatic rings. The summed E-state index contributed by atoms with van der Waals surface area (Å²) in [5.41, 5.74) is -0.543.